The summed E-state index contributed by atoms with van der Waals surface area (Å²) in [5.41, 5.74) is 3.16. The van der Waals surface area contributed by atoms with Crippen molar-refractivity contribution in [3.8, 4) is 11.1 Å². The molecule has 0 spiro atoms. The van der Waals surface area contributed by atoms with Crippen molar-refractivity contribution in [1.29, 1.82) is 0 Å². The van der Waals surface area contributed by atoms with Crippen molar-refractivity contribution in [2.75, 3.05) is 19.0 Å². The van der Waals surface area contributed by atoms with E-state index in [1.165, 1.54) is 6.20 Å². The van der Waals surface area contributed by atoms with Crippen LogP contribution in [0.4, 0.5) is 5.69 Å². The predicted octanol–water partition coefficient (Wildman–Crippen LogP) is 3.04. The molecule has 0 unspecified atom stereocenters. The number of pyridine rings is 1. The first-order chi connectivity index (χ1) is 12.3. The number of carboxylic acid groups (broad SMARTS) is 1. The first kappa shape index (κ1) is 19.4. The van der Waals surface area contributed by atoms with Gasteiger partial charge in [-0.15, -0.1) is 0 Å². The summed E-state index contributed by atoms with van der Waals surface area (Å²) in [4.78, 5) is 30.0. The normalized spacial score (nSPS) is 12.9. The molecular formula is C20H25N3O3. The summed E-state index contributed by atoms with van der Waals surface area (Å²) in [6, 6.07) is 8.72. The highest BCUT2D eigenvalue weighted by Gasteiger charge is 2.25. The van der Waals surface area contributed by atoms with E-state index in [-0.39, 0.29) is 5.92 Å². The highest BCUT2D eigenvalue weighted by atomic mass is 16.4. The van der Waals surface area contributed by atoms with Gasteiger partial charge in [-0.3, -0.25) is 9.78 Å². The second-order valence-corrected chi connectivity index (χ2v) is 6.58. The summed E-state index contributed by atoms with van der Waals surface area (Å²) < 4.78 is 0. The Morgan fingerprint density at radius 2 is 1.81 bits per heavy atom. The van der Waals surface area contributed by atoms with Crippen molar-refractivity contribution in [3.63, 3.8) is 0 Å². The van der Waals surface area contributed by atoms with Gasteiger partial charge in [0, 0.05) is 37.7 Å². The Morgan fingerprint density at radius 1 is 1.15 bits per heavy atom. The molecule has 1 heterocycles. The number of aliphatic carboxylic acids is 1. The fourth-order valence-corrected chi connectivity index (χ4v) is 2.58. The number of carboxylic acids is 1. The lowest BCUT2D eigenvalue weighted by Gasteiger charge is -2.20. The minimum atomic E-state index is -1.03. The van der Waals surface area contributed by atoms with Gasteiger partial charge in [-0.2, -0.15) is 0 Å². The van der Waals surface area contributed by atoms with Gasteiger partial charge in [0.2, 0.25) is 0 Å². The van der Waals surface area contributed by atoms with Crippen molar-refractivity contribution in [1.82, 2.24) is 10.3 Å². The van der Waals surface area contributed by atoms with E-state index in [1.807, 2.05) is 50.2 Å². The van der Waals surface area contributed by atoms with Crippen molar-refractivity contribution in [3.05, 3.63) is 48.3 Å². The molecule has 2 aromatic rings. The number of nitrogens with zero attached hydrogens (tertiary/aromatic N) is 2. The van der Waals surface area contributed by atoms with Gasteiger partial charge in [-0.1, -0.05) is 32.4 Å². The molecule has 138 valence electrons. The molecule has 0 fully saturated rings. The fraction of sp³-hybridized carbons (Fsp3) is 0.350. The van der Waals surface area contributed by atoms with E-state index >= 15 is 0 Å². The first-order valence-electron chi connectivity index (χ1n) is 8.60. The molecule has 0 aliphatic carbocycles. The van der Waals surface area contributed by atoms with Gasteiger partial charge in [-0.25, -0.2) is 4.79 Å². The van der Waals surface area contributed by atoms with Gasteiger partial charge in [-0.05, 0) is 29.7 Å². The number of amides is 1. The zero-order chi connectivity index (χ0) is 19.3. The van der Waals surface area contributed by atoms with E-state index in [0.717, 1.165) is 16.8 Å². The minimum Gasteiger partial charge on any atom is -0.480 e. The lowest BCUT2D eigenvalue weighted by molar-refractivity contribution is -0.140. The summed E-state index contributed by atoms with van der Waals surface area (Å²) in [5, 5.41) is 11.9. The number of benzene rings is 1. The molecule has 0 aliphatic heterocycles. The molecule has 6 nitrogen and oxygen atoms in total. The Balaban J connectivity index is 2.22. The molecule has 0 bridgehead atoms. The highest BCUT2D eigenvalue weighted by molar-refractivity contribution is 5.97. The number of aromatic nitrogens is 1. The number of carbonyl (C=O) groups is 2. The lowest BCUT2D eigenvalue weighted by atomic mass is 9.98. The van der Waals surface area contributed by atoms with Crippen LogP contribution in [0.3, 0.4) is 0 Å². The Hall–Kier alpha value is -2.89. The van der Waals surface area contributed by atoms with Crippen LogP contribution < -0.4 is 10.2 Å². The average Bonchev–Trinajstić information content (AvgIpc) is 2.65. The molecule has 1 aromatic carbocycles. The fourth-order valence-electron chi connectivity index (χ4n) is 2.58. The topological polar surface area (TPSA) is 82.5 Å². The van der Waals surface area contributed by atoms with E-state index in [1.54, 1.807) is 19.2 Å². The largest absolute Gasteiger partial charge is 0.480 e. The van der Waals surface area contributed by atoms with E-state index in [4.69, 9.17) is 0 Å². The second kappa shape index (κ2) is 8.47. The van der Waals surface area contributed by atoms with Crippen LogP contribution >= 0.6 is 0 Å². The van der Waals surface area contributed by atoms with E-state index in [2.05, 4.69) is 10.3 Å². The third kappa shape index (κ3) is 4.59. The lowest BCUT2D eigenvalue weighted by Crippen LogP contribution is -2.45. The third-order valence-corrected chi connectivity index (χ3v) is 4.48. The van der Waals surface area contributed by atoms with Crippen LogP contribution in [0.1, 0.15) is 30.6 Å². The maximum Gasteiger partial charge on any atom is 0.326 e. The highest BCUT2D eigenvalue weighted by Crippen LogP contribution is 2.22. The Morgan fingerprint density at radius 3 is 2.35 bits per heavy atom. The van der Waals surface area contributed by atoms with Crippen molar-refractivity contribution in [2.45, 2.75) is 26.3 Å². The Labute approximate surface area is 153 Å². The number of hydrogen-bond acceptors (Lipinski definition) is 4. The molecule has 26 heavy (non-hydrogen) atoms. The van der Waals surface area contributed by atoms with Crippen LogP contribution in [0.2, 0.25) is 0 Å². The van der Waals surface area contributed by atoms with Crippen LogP contribution in [-0.2, 0) is 4.79 Å². The molecule has 6 heteroatoms. The summed E-state index contributed by atoms with van der Waals surface area (Å²) in [6.45, 7) is 3.70. The standard InChI is InChI=1S/C20H25N3O3/c1-5-13(2)18(20(25)26)22-19(24)16-10-15(11-21-12-16)14-6-8-17(9-7-14)23(3)4/h6-13,18H,5H2,1-4H3,(H,22,24)(H,25,26)/t13-,18-/m0/s1. The summed E-state index contributed by atoms with van der Waals surface area (Å²) in [7, 11) is 3.94. The van der Waals surface area contributed by atoms with Gasteiger partial charge in [0.25, 0.3) is 5.91 Å². The molecule has 0 aliphatic rings. The SMILES string of the molecule is CC[C@H](C)[C@H](NC(=O)c1cncc(-c2ccc(N(C)C)cc2)c1)C(=O)O. The van der Waals surface area contributed by atoms with E-state index in [9.17, 15) is 14.7 Å². The van der Waals surface area contributed by atoms with Gasteiger partial charge in [0.1, 0.15) is 6.04 Å². The maximum absolute atomic E-state index is 12.5. The molecule has 2 atom stereocenters. The quantitative estimate of drug-likeness (QED) is 0.798. The summed E-state index contributed by atoms with van der Waals surface area (Å²) in [5.74, 6) is -1.63. The maximum atomic E-state index is 12.5. The molecule has 2 N–H and O–H groups in total. The van der Waals surface area contributed by atoms with Crippen LogP contribution in [-0.4, -0.2) is 42.1 Å². The average molecular weight is 355 g/mol. The summed E-state index contributed by atoms with van der Waals surface area (Å²) in [6.07, 6.45) is 3.79. The molecule has 0 radical (unpaired) electrons. The minimum absolute atomic E-state index is 0.161. The summed E-state index contributed by atoms with van der Waals surface area (Å²) >= 11 is 0. The monoisotopic (exact) mass is 355 g/mol. The number of hydrogen-bond donors (Lipinski definition) is 2. The molecule has 0 saturated carbocycles. The van der Waals surface area contributed by atoms with Gasteiger partial charge >= 0.3 is 5.97 Å². The predicted molar refractivity (Wildman–Crippen MR) is 102 cm³/mol. The molecule has 0 saturated heterocycles. The van der Waals surface area contributed by atoms with Crippen molar-refractivity contribution < 1.29 is 14.7 Å². The van der Waals surface area contributed by atoms with E-state index < -0.39 is 17.9 Å². The van der Waals surface area contributed by atoms with Gasteiger partial charge in [0.05, 0.1) is 5.56 Å². The Bertz CT molecular complexity index is 772. The number of anilines is 1. The molecular weight excluding hydrogens is 330 g/mol. The van der Waals surface area contributed by atoms with E-state index in [0.29, 0.717) is 12.0 Å². The smallest absolute Gasteiger partial charge is 0.326 e. The van der Waals surface area contributed by atoms with Crippen LogP contribution in [0.15, 0.2) is 42.7 Å². The van der Waals surface area contributed by atoms with Crippen molar-refractivity contribution >= 4 is 17.6 Å². The second-order valence-electron chi connectivity index (χ2n) is 6.58. The Kier molecular flexibility index (Phi) is 6.33. The van der Waals surface area contributed by atoms with Gasteiger partial charge in [0.15, 0.2) is 0 Å². The zero-order valence-electron chi connectivity index (χ0n) is 15.6. The zero-order valence-corrected chi connectivity index (χ0v) is 15.6. The van der Waals surface area contributed by atoms with Crippen LogP contribution in [0.25, 0.3) is 11.1 Å². The number of rotatable bonds is 7. The van der Waals surface area contributed by atoms with Crippen LogP contribution in [0, 0.1) is 5.92 Å². The molecule has 1 aromatic heterocycles. The third-order valence-electron chi connectivity index (χ3n) is 4.48. The first-order valence-corrected chi connectivity index (χ1v) is 8.60. The number of nitrogens with one attached hydrogen (secondary N) is 1. The molecule has 2 rings (SSSR count). The number of carbonyl (C=O) groups excluding carboxylic acids is 1. The van der Waals surface area contributed by atoms with Crippen LogP contribution in [0.5, 0.6) is 0 Å². The van der Waals surface area contributed by atoms with Crippen molar-refractivity contribution in [2.24, 2.45) is 5.92 Å². The molecule has 1 amide bonds. The van der Waals surface area contributed by atoms with Gasteiger partial charge < -0.3 is 15.3 Å².